The molecule has 0 unspecified atom stereocenters. The highest BCUT2D eigenvalue weighted by atomic mass is 16.5. The van der Waals surface area contributed by atoms with Gasteiger partial charge in [-0.25, -0.2) is 4.98 Å². The highest BCUT2D eigenvalue weighted by Gasteiger charge is 2.35. The third kappa shape index (κ3) is 3.33. The lowest BCUT2D eigenvalue weighted by atomic mass is 9.95. The molecule has 0 aliphatic carbocycles. The zero-order valence-corrected chi connectivity index (χ0v) is 14.5. The van der Waals surface area contributed by atoms with Crippen molar-refractivity contribution >= 4 is 5.91 Å². The molecule has 1 saturated heterocycles. The van der Waals surface area contributed by atoms with Gasteiger partial charge in [0.1, 0.15) is 11.4 Å². The van der Waals surface area contributed by atoms with Crippen LogP contribution in [0, 0.1) is 0 Å². The highest BCUT2D eigenvalue weighted by molar-refractivity contribution is 5.84. The lowest BCUT2D eigenvalue weighted by Gasteiger charge is -2.36. The molecule has 1 aromatic heterocycles. The quantitative estimate of drug-likeness (QED) is 0.936. The van der Waals surface area contributed by atoms with Crippen molar-refractivity contribution in [2.45, 2.75) is 38.2 Å². The van der Waals surface area contributed by atoms with Gasteiger partial charge in [0.05, 0.1) is 0 Å². The van der Waals surface area contributed by atoms with Gasteiger partial charge in [-0.3, -0.25) is 9.89 Å². The molecule has 1 aliphatic rings. The summed E-state index contributed by atoms with van der Waals surface area (Å²) in [5.41, 5.74) is 0.197. The van der Waals surface area contributed by atoms with E-state index in [2.05, 4.69) is 15.2 Å². The molecule has 0 radical (unpaired) electrons. The van der Waals surface area contributed by atoms with E-state index >= 15 is 0 Å². The van der Waals surface area contributed by atoms with Crippen molar-refractivity contribution in [2.24, 2.45) is 0 Å². The van der Waals surface area contributed by atoms with E-state index in [1.807, 2.05) is 35.2 Å². The van der Waals surface area contributed by atoms with Crippen LogP contribution in [0.5, 0.6) is 0 Å². The molecule has 1 aliphatic heterocycles. The average molecular weight is 328 g/mol. The number of hydrogen-bond donors (Lipinski definition) is 1. The van der Waals surface area contributed by atoms with Gasteiger partial charge in [0, 0.05) is 31.7 Å². The van der Waals surface area contributed by atoms with Gasteiger partial charge >= 0.3 is 0 Å². The minimum absolute atomic E-state index is 0.0255. The number of carbonyl (C=O) groups excluding carboxylic acids is 1. The van der Waals surface area contributed by atoms with Gasteiger partial charge in [-0.1, -0.05) is 30.3 Å². The van der Waals surface area contributed by atoms with Crippen molar-refractivity contribution in [3.8, 4) is 11.4 Å². The van der Waals surface area contributed by atoms with Crippen LogP contribution in [-0.2, 0) is 9.53 Å². The number of aromatic nitrogens is 3. The Labute approximate surface area is 142 Å². The zero-order chi connectivity index (χ0) is 17.2. The normalized spacial score (nSPS) is 18.6. The number of piperidine rings is 1. The smallest absolute Gasteiger partial charge is 0.254 e. The third-order valence-corrected chi connectivity index (χ3v) is 4.66. The maximum absolute atomic E-state index is 12.6. The molecule has 0 saturated carbocycles. The first-order valence-electron chi connectivity index (χ1n) is 8.33. The Morgan fingerprint density at radius 1 is 1.33 bits per heavy atom. The Morgan fingerprint density at radius 2 is 2.08 bits per heavy atom. The van der Waals surface area contributed by atoms with Gasteiger partial charge in [-0.2, -0.15) is 5.10 Å². The average Bonchev–Trinajstić information content (AvgIpc) is 3.12. The second kappa shape index (κ2) is 6.73. The van der Waals surface area contributed by atoms with E-state index in [0.717, 1.165) is 30.8 Å². The molecule has 3 rings (SSSR count). The molecule has 1 atom stereocenters. The van der Waals surface area contributed by atoms with E-state index in [4.69, 9.17) is 4.74 Å². The van der Waals surface area contributed by atoms with Crippen molar-refractivity contribution in [2.75, 3.05) is 20.2 Å². The van der Waals surface area contributed by atoms with Crippen molar-refractivity contribution in [3.63, 3.8) is 0 Å². The Bertz CT molecular complexity index is 696. The predicted molar refractivity (Wildman–Crippen MR) is 91.5 cm³/mol. The highest BCUT2D eigenvalue weighted by Crippen LogP contribution is 2.27. The van der Waals surface area contributed by atoms with Crippen molar-refractivity contribution < 1.29 is 9.53 Å². The van der Waals surface area contributed by atoms with Crippen LogP contribution in [0.3, 0.4) is 0 Å². The van der Waals surface area contributed by atoms with E-state index < -0.39 is 5.60 Å². The van der Waals surface area contributed by atoms with Gasteiger partial charge < -0.3 is 9.64 Å². The fraction of sp³-hybridized carbons (Fsp3) is 0.500. The number of ether oxygens (including phenoxy) is 1. The summed E-state index contributed by atoms with van der Waals surface area (Å²) in [5.74, 6) is 1.76. The van der Waals surface area contributed by atoms with Crippen molar-refractivity contribution in [1.82, 2.24) is 20.1 Å². The number of H-pyrrole nitrogens is 1. The number of likely N-dealkylation sites (tertiary alicyclic amines) is 1. The number of aromatic amines is 1. The molecule has 2 aromatic rings. The number of nitrogens with zero attached hydrogens (tertiary/aromatic N) is 3. The Kier molecular flexibility index (Phi) is 4.66. The summed E-state index contributed by atoms with van der Waals surface area (Å²) in [6, 6.07) is 9.90. The van der Waals surface area contributed by atoms with Crippen LogP contribution in [0.1, 0.15) is 38.4 Å². The largest absolute Gasteiger partial charge is 0.369 e. The van der Waals surface area contributed by atoms with E-state index in [9.17, 15) is 4.79 Å². The molecule has 6 nitrogen and oxygen atoms in total. The van der Waals surface area contributed by atoms with Gasteiger partial charge in [0.2, 0.25) is 0 Å². The van der Waals surface area contributed by atoms with Crippen LogP contribution < -0.4 is 0 Å². The second-order valence-electron chi connectivity index (χ2n) is 6.72. The molecule has 1 aromatic carbocycles. The fourth-order valence-electron chi connectivity index (χ4n) is 3.03. The second-order valence-corrected chi connectivity index (χ2v) is 6.72. The van der Waals surface area contributed by atoms with Crippen LogP contribution in [0.25, 0.3) is 11.4 Å². The number of benzene rings is 1. The van der Waals surface area contributed by atoms with Crippen LogP contribution >= 0.6 is 0 Å². The number of hydrogen-bond acceptors (Lipinski definition) is 4. The van der Waals surface area contributed by atoms with Crippen LogP contribution in [0.4, 0.5) is 0 Å². The summed E-state index contributed by atoms with van der Waals surface area (Å²) in [7, 11) is 1.57. The van der Waals surface area contributed by atoms with Gasteiger partial charge in [-0.15, -0.1) is 0 Å². The molecule has 2 heterocycles. The summed E-state index contributed by atoms with van der Waals surface area (Å²) in [6.07, 6.45) is 1.96. The minimum Gasteiger partial charge on any atom is -0.369 e. The number of nitrogens with one attached hydrogen (secondary N) is 1. The van der Waals surface area contributed by atoms with Gasteiger partial charge in [0.15, 0.2) is 5.82 Å². The topological polar surface area (TPSA) is 71.1 Å². The molecule has 1 amide bonds. The molecule has 128 valence electrons. The van der Waals surface area contributed by atoms with E-state index in [0.29, 0.717) is 12.4 Å². The molecule has 6 heteroatoms. The molecule has 1 fully saturated rings. The lowest BCUT2D eigenvalue weighted by molar-refractivity contribution is -0.152. The van der Waals surface area contributed by atoms with E-state index in [-0.39, 0.29) is 11.8 Å². The third-order valence-electron chi connectivity index (χ3n) is 4.66. The maximum Gasteiger partial charge on any atom is 0.254 e. The SMILES string of the molecule is COC(C)(C)C(=O)N1CCC[C@H](c2nc(-c3ccccc3)n[nH]2)C1. The molecular weight excluding hydrogens is 304 g/mol. The number of carbonyl (C=O) groups is 1. The summed E-state index contributed by atoms with van der Waals surface area (Å²) < 4.78 is 5.33. The molecule has 1 N–H and O–H groups in total. The first kappa shape index (κ1) is 16.6. The minimum atomic E-state index is -0.793. The van der Waals surface area contributed by atoms with Crippen LogP contribution in [-0.4, -0.2) is 51.8 Å². The molecule has 0 bridgehead atoms. The summed E-state index contributed by atoms with van der Waals surface area (Å²) in [6.45, 7) is 5.03. The fourth-order valence-corrected chi connectivity index (χ4v) is 3.03. The summed E-state index contributed by atoms with van der Waals surface area (Å²) >= 11 is 0. The van der Waals surface area contributed by atoms with Gasteiger partial charge in [0.25, 0.3) is 5.91 Å². The zero-order valence-electron chi connectivity index (χ0n) is 14.5. The Hall–Kier alpha value is -2.21. The van der Waals surface area contributed by atoms with Crippen molar-refractivity contribution in [3.05, 3.63) is 36.2 Å². The first-order chi connectivity index (χ1) is 11.5. The Morgan fingerprint density at radius 3 is 2.79 bits per heavy atom. The van der Waals surface area contributed by atoms with Gasteiger partial charge in [-0.05, 0) is 26.7 Å². The van der Waals surface area contributed by atoms with Crippen molar-refractivity contribution in [1.29, 1.82) is 0 Å². The number of amides is 1. The predicted octanol–water partition coefficient (Wildman–Crippen LogP) is 2.60. The lowest BCUT2D eigenvalue weighted by Crippen LogP contribution is -2.49. The summed E-state index contributed by atoms with van der Waals surface area (Å²) in [4.78, 5) is 19.1. The van der Waals surface area contributed by atoms with Crippen LogP contribution in [0.15, 0.2) is 30.3 Å². The van der Waals surface area contributed by atoms with E-state index in [1.54, 1.807) is 21.0 Å². The monoisotopic (exact) mass is 328 g/mol. The van der Waals surface area contributed by atoms with E-state index in [1.165, 1.54) is 0 Å². The first-order valence-corrected chi connectivity index (χ1v) is 8.33. The summed E-state index contributed by atoms with van der Waals surface area (Å²) in [5, 5.41) is 7.39. The number of methoxy groups -OCH3 is 1. The number of rotatable bonds is 4. The maximum atomic E-state index is 12.6. The molecule has 24 heavy (non-hydrogen) atoms. The van der Waals surface area contributed by atoms with Crippen LogP contribution in [0.2, 0.25) is 0 Å². The Balaban J connectivity index is 1.74. The standard InChI is InChI=1S/C18H24N4O2/c1-18(2,24-3)17(23)22-11-7-10-14(12-22)16-19-15(20-21-16)13-8-5-4-6-9-13/h4-6,8-9,14H,7,10-12H2,1-3H3,(H,19,20,21)/t14-/m0/s1. The molecular formula is C18H24N4O2. The molecule has 0 spiro atoms.